The van der Waals surface area contributed by atoms with Gasteiger partial charge in [0.2, 0.25) is 11.8 Å². The fraction of sp³-hybridized carbons (Fsp3) is 0.429. The van der Waals surface area contributed by atoms with Gasteiger partial charge in [-0.25, -0.2) is 4.39 Å². The molecule has 4 nitrogen and oxygen atoms in total. The highest BCUT2D eigenvalue weighted by atomic mass is 35.5. The summed E-state index contributed by atoms with van der Waals surface area (Å²) in [5.74, 6) is -0.920. The monoisotopic (exact) mass is 298 g/mol. The fourth-order valence-corrected chi connectivity index (χ4v) is 2.33. The summed E-state index contributed by atoms with van der Waals surface area (Å²) < 4.78 is 13.2. The van der Waals surface area contributed by atoms with Crippen molar-refractivity contribution in [1.82, 2.24) is 5.32 Å². The van der Waals surface area contributed by atoms with E-state index in [0.717, 1.165) is 0 Å². The third-order valence-corrected chi connectivity index (χ3v) is 3.58. The van der Waals surface area contributed by atoms with Gasteiger partial charge in [-0.1, -0.05) is 25.4 Å². The number of carbonyl (C=O) groups excluding carboxylic acids is 2. The standard InChI is InChI=1S/C14H16ClFN2O2/c1-8(2)13-14(20)18(6-5-12(19)17-13)9-3-4-11(16)10(15)7-9/h3-4,7-8,13H,5-6H2,1-2H3,(H,17,19). The summed E-state index contributed by atoms with van der Waals surface area (Å²) >= 11 is 5.75. The van der Waals surface area contributed by atoms with Crippen LogP contribution in [0, 0.1) is 11.7 Å². The Morgan fingerprint density at radius 2 is 2.10 bits per heavy atom. The number of benzene rings is 1. The highest BCUT2D eigenvalue weighted by molar-refractivity contribution is 6.31. The molecule has 1 heterocycles. The van der Waals surface area contributed by atoms with Crippen LogP contribution in [0.5, 0.6) is 0 Å². The van der Waals surface area contributed by atoms with Crippen molar-refractivity contribution in [2.24, 2.45) is 5.92 Å². The Morgan fingerprint density at radius 3 is 2.70 bits per heavy atom. The zero-order valence-electron chi connectivity index (χ0n) is 11.3. The number of nitrogens with zero attached hydrogens (tertiary/aromatic N) is 1. The summed E-state index contributed by atoms with van der Waals surface area (Å²) in [7, 11) is 0. The normalized spacial score (nSPS) is 20.1. The molecule has 1 unspecified atom stereocenters. The molecule has 108 valence electrons. The van der Waals surface area contributed by atoms with E-state index in [-0.39, 0.29) is 35.7 Å². The van der Waals surface area contributed by atoms with Gasteiger partial charge < -0.3 is 10.2 Å². The molecule has 0 saturated carbocycles. The van der Waals surface area contributed by atoms with Crippen LogP contribution in [0.1, 0.15) is 20.3 Å². The molecular formula is C14H16ClFN2O2. The predicted octanol–water partition coefficient (Wildman–Crippen LogP) is 2.36. The molecule has 1 atom stereocenters. The first-order valence-electron chi connectivity index (χ1n) is 6.46. The van der Waals surface area contributed by atoms with Gasteiger partial charge in [-0.2, -0.15) is 0 Å². The van der Waals surface area contributed by atoms with Crippen molar-refractivity contribution in [3.8, 4) is 0 Å². The Labute approximate surface area is 121 Å². The summed E-state index contributed by atoms with van der Waals surface area (Å²) in [5.41, 5.74) is 0.503. The van der Waals surface area contributed by atoms with E-state index in [1.165, 1.54) is 23.1 Å². The second kappa shape index (κ2) is 5.79. The maximum Gasteiger partial charge on any atom is 0.249 e. The van der Waals surface area contributed by atoms with Gasteiger partial charge in [0.1, 0.15) is 11.9 Å². The largest absolute Gasteiger partial charge is 0.344 e. The molecule has 1 aromatic carbocycles. The lowest BCUT2D eigenvalue weighted by molar-refractivity contribution is -0.126. The van der Waals surface area contributed by atoms with Crippen molar-refractivity contribution < 1.29 is 14.0 Å². The Balaban J connectivity index is 2.35. The molecule has 1 saturated heterocycles. The zero-order chi connectivity index (χ0) is 14.9. The number of hydrogen-bond donors (Lipinski definition) is 1. The number of carbonyl (C=O) groups is 2. The summed E-state index contributed by atoms with van der Waals surface area (Å²) in [6.45, 7) is 3.99. The van der Waals surface area contributed by atoms with Crippen LogP contribution in [-0.2, 0) is 9.59 Å². The Kier molecular flexibility index (Phi) is 4.28. The van der Waals surface area contributed by atoms with Gasteiger partial charge in [0, 0.05) is 18.7 Å². The van der Waals surface area contributed by atoms with Crippen LogP contribution in [0.3, 0.4) is 0 Å². The van der Waals surface area contributed by atoms with Crippen LogP contribution < -0.4 is 10.2 Å². The molecule has 20 heavy (non-hydrogen) atoms. The molecule has 1 N–H and O–H groups in total. The van der Waals surface area contributed by atoms with Crippen molar-refractivity contribution >= 4 is 29.1 Å². The van der Waals surface area contributed by atoms with Gasteiger partial charge in [-0.15, -0.1) is 0 Å². The van der Waals surface area contributed by atoms with Gasteiger partial charge in [0.05, 0.1) is 5.02 Å². The minimum absolute atomic E-state index is 0.0250. The van der Waals surface area contributed by atoms with Crippen LogP contribution in [0.4, 0.5) is 10.1 Å². The Morgan fingerprint density at radius 1 is 1.40 bits per heavy atom. The first-order valence-corrected chi connectivity index (χ1v) is 6.83. The average Bonchev–Trinajstić information content (AvgIpc) is 2.53. The molecule has 0 spiro atoms. The molecule has 0 bridgehead atoms. The summed E-state index contributed by atoms with van der Waals surface area (Å²) in [4.78, 5) is 25.6. The minimum Gasteiger partial charge on any atom is -0.344 e. The highest BCUT2D eigenvalue weighted by Crippen LogP contribution is 2.25. The van der Waals surface area contributed by atoms with E-state index in [4.69, 9.17) is 11.6 Å². The Hall–Kier alpha value is -1.62. The quantitative estimate of drug-likeness (QED) is 0.911. The maximum atomic E-state index is 13.2. The third-order valence-electron chi connectivity index (χ3n) is 3.29. The molecule has 0 radical (unpaired) electrons. The molecule has 1 aromatic rings. The topological polar surface area (TPSA) is 49.4 Å². The SMILES string of the molecule is CC(C)C1NC(=O)CCN(c2ccc(F)c(Cl)c2)C1=O. The van der Waals surface area contributed by atoms with Gasteiger partial charge in [-0.05, 0) is 24.1 Å². The lowest BCUT2D eigenvalue weighted by Crippen LogP contribution is -2.47. The third kappa shape index (κ3) is 2.93. The predicted molar refractivity (Wildman–Crippen MR) is 75.1 cm³/mol. The van der Waals surface area contributed by atoms with E-state index in [2.05, 4.69) is 5.32 Å². The van der Waals surface area contributed by atoms with Gasteiger partial charge >= 0.3 is 0 Å². The number of anilines is 1. The fourth-order valence-electron chi connectivity index (χ4n) is 2.16. The molecule has 1 aliphatic heterocycles. The lowest BCUT2D eigenvalue weighted by Gasteiger charge is -2.26. The molecule has 1 aliphatic rings. The molecule has 0 aromatic heterocycles. The summed E-state index contributed by atoms with van der Waals surface area (Å²) in [5, 5.41) is 2.67. The van der Waals surface area contributed by atoms with Crippen molar-refractivity contribution in [3.05, 3.63) is 29.0 Å². The molecule has 2 rings (SSSR count). The van der Waals surface area contributed by atoms with E-state index in [0.29, 0.717) is 5.69 Å². The van der Waals surface area contributed by atoms with Crippen LogP contribution in [0.25, 0.3) is 0 Å². The average molecular weight is 299 g/mol. The van der Waals surface area contributed by atoms with Crippen LogP contribution in [0.2, 0.25) is 5.02 Å². The number of halogens is 2. The molecular weight excluding hydrogens is 283 g/mol. The van der Waals surface area contributed by atoms with E-state index in [1.54, 1.807) is 0 Å². The smallest absolute Gasteiger partial charge is 0.249 e. The van der Waals surface area contributed by atoms with E-state index >= 15 is 0 Å². The highest BCUT2D eigenvalue weighted by Gasteiger charge is 2.32. The zero-order valence-corrected chi connectivity index (χ0v) is 12.1. The first kappa shape index (κ1) is 14.8. The van der Waals surface area contributed by atoms with Crippen molar-refractivity contribution in [3.63, 3.8) is 0 Å². The number of hydrogen-bond acceptors (Lipinski definition) is 2. The van der Waals surface area contributed by atoms with Crippen molar-refractivity contribution in [1.29, 1.82) is 0 Å². The van der Waals surface area contributed by atoms with E-state index < -0.39 is 11.9 Å². The number of rotatable bonds is 2. The van der Waals surface area contributed by atoms with Gasteiger partial charge in [0.15, 0.2) is 0 Å². The number of nitrogens with one attached hydrogen (secondary N) is 1. The summed E-state index contributed by atoms with van der Waals surface area (Å²) in [6.07, 6.45) is 0.212. The molecule has 2 amide bonds. The van der Waals surface area contributed by atoms with E-state index in [9.17, 15) is 14.0 Å². The second-order valence-electron chi connectivity index (χ2n) is 5.13. The van der Waals surface area contributed by atoms with Crippen molar-refractivity contribution in [2.75, 3.05) is 11.4 Å². The molecule has 6 heteroatoms. The van der Waals surface area contributed by atoms with Crippen LogP contribution in [0.15, 0.2) is 18.2 Å². The van der Waals surface area contributed by atoms with Gasteiger partial charge in [-0.3, -0.25) is 9.59 Å². The minimum atomic E-state index is -0.575. The van der Waals surface area contributed by atoms with Crippen molar-refractivity contribution in [2.45, 2.75) is 26.3 Å². The van der Waals surface area contributed by atoms with Crippen LogP contribution in [-0.4, -0.2) is 24.4 Å². The summed E-state index contributed by atoms with van der Waals surface area (Å²) in [6, 6.07) is 3.54. The van der Waals surface area contributed by atoms with Crippen LogP contribution >= 0.6 is 11.6 Å². The first-order chi connectivity index (χ1) is 9.40. The Bertz CT molecular complexity index is 548. The number of amides is 2. The van der Waals surface area contributed by atoms with E-state index in [1.807, 2.05) is 13.8 Å². The maximum absolute atomic E-state index is 13.2. The lowest BCUT2D eigenvalue weighted by atomic mass is 10.0. The molecule has 0 aliphatic carbocycles. The molecule has 1 fully saturated rings. The van der Waals surface area contributed by atoms with Gasteiger partial charge in [0.25, 0.3) is 0 Å². The second-order valence-corrected chi connectivity index (χ2v) is 5.53.